The van der Waals surface area contributed by atoms with Gasteiger partial charge in [-0.2, -0.15) is 0 Å². The van der Waals surface area contributed by atoms with Gasteiger partial charge in [-0.3, -0.25) is 14.9 Å². The number of ether oxygens (including phenoxy) is 1. The van der Waals surface area contributed by atoms with Gasteiger partial charge in [-0.05, 0) is 31.2 Å². The van der Waals surface area contributed by atoms with E-state index in [0.717, 1.165) is 0 Å². The van der Waals surface area contributed by atoms with Crippen LogP contribution < -0.4 is 4.74 Å². The molecule has 0 aliphatic carbocycles. The maximum atomic E-state index is 12.2. The molecule has 0 heterocycles. The first-order chi connectivity index (χ1) is 10.1. The summed E-state index contributed by atoms with van der Waals surface area (Å²) in [4.78, 5) is 22.7. The Morgan fingerprint density at radius 3 is 2.43 bits per heavy atom. The van der Waals surface area contributed by atoms with E-state index >= 15 is 0 Å². The third kappa shape index (κ3) is 3.66. The van der Waals surface area contributed by atoms with Gasteiger partial charge in [0.2, 0.25) is 0 Å². The Labute approximate surface area is 122 Å². The van der Waals surface area contributed by atoms with Crippen molar-refractivity contribution in [1.82, 2.24) is 0 Å². The lowest BCUT2D eigenvalue weighted by Gasteiger charge is -2.05. The van der Waals surface area contributed by atoms with Crippen LogP contribution in [-0.2, 0) is 6.42 Å². The van der Waals surface area contributed by atoms with Crippen molar-refractivity contribution in [2.75, 3.05) is 6.61 Å². The molecule has 21 heavy (non-hydrogen) atoms. The molecule has 0 bridgehead atoms. The molecule has 0 fully saturated rings. The molecule has 0 N–H and O–H groups in total. The molecule has 2 aromatic rings. The summed E-state index contributed by atoms with van der Waals surface area (Å²) < 4.78 is 5.31. The van der Waals surface area contributed by atoms with Gasteiger partial charge >= 0.3 is 0 Å². The Morgan fingerprint density at radius 2 is 1.81 bits per heavy atom. The quantitative estimate of drug-likeness (QED) is 0.463. The summed E-state index contributed by atoms with van der Waals surface area (Å²) in [5.41, 5.74) is 0.898. The van der Waals surface area contributed by atoms with Gasteiger partial charge in [0.05, 0.1) is 11.5 Å². The minimum absolute atomic E-state index is 0.00509. The van der Waals surface area contributed by atoms with E-state index in [4.69, 9.17) is 4.74 Å². The van der Waals surface area contributed by atoms with E-state index in [9.17, 15) is 14.9 Å². The fourth-order valence-electron chi connectivity index (χ4n) is 2.02. The molecule has 2 rings (SSSR count). The van der Waals surface area contributed by atoms with Crippen LogP contribution in [0.3, 0.4) is 0 Å². The van der Waals surface area contributed by atoms with Crippen molar-refractivity contribution in [3.8, 4) is 5.75 Å². The Morgan fingerprint density at radius 1 is 1.14 bits per heavy atom. The molecular formula is C16H15NO4. The first kappa shape index (κ1) is 14.7. The summed E-state index contributed by atoms with van der Waals surface area (Å²) in [5, 5.41) is 10.9. The molecule has 0 saturated heterocycles. The highest BCUT2D eigenvalue weighted by atomic mass is 16.6. The first-order valence-electron chi connectivity index (χ1n) is 6.60. The third-order valence-corrected chi connectivity index (χ3v) is 3.03. The second-order valence-electron chi connectivity index (χ2n) is 4.44. The van der Waals surface area contributed by atoms with Gasteiger partial charge < -0.3 is 4.74 Å². The van der Waals surface area contributed by atoms with E-state index in [2.05, 4.69) is 0 Å². The summed E-state index contributed by atoms with van der Waals surface area (Å²) in [6.45, 7) is 2.44. The van der Waals surface area contributed by atoms with Crippen LogP contribution in [0.15, 0.2) is 48.5 Å². The summed E-state index contributed by atoms with van der Waals surface area (Å²) in [7, 11) is 0. The van der Waals surface area contributed by atoms with Gasteiger partial charge in [-0.15, -0.1) is 0 Å². The van der Waals surface area contributed by atoms with Crippen LogP contribution in [0.1, 0.15) is 22.8 Å². The highest BCUT2D eigenvalue weighted by Crippen LogP contribution is 2.20. The molecule has 0 aliphatic rings. The zero-order valence-electron chi connectivity index (χ0n) is 11.6. The Hall–Kier alpha value is -2.69. The van der Waals surface area contributed by atoms with E-state index < -0.39 is 4.92 Å². The zero-order chi connectivity index (χ0) is 15.2. The predicted molar refractivity (Wildman–Crippen MR) is 78.7 cm³/mol. The molecule has 0 amide bonds. The minimum atomic E-state index is -0.471. The SMILES string of the molecule is CCOc1ccc(C(=O)Cc2ccccc2[N+](=O)[O-])cc1. The summed E-state index contributed by atoms with van der Waals surface area (Å²) in [6, 6.07) is 13.1. The largest absolute Gasteiger partial charge is 0.494 e. The molecule has 2 aromatic carbocycles. The van der Waals surface area contributed by atoms with Gasteiger partial charge in [0.1, 0.15) is 5.75 Å². The number of hydrogen-bond donors (Lipinski definition) is 0. The number of ketones is 1. The van der Waals surface area contributed by atoms with E-state index in [1.807, 2.05) is 6.92 Å². The normalized spacial score (nSPS) is 10.1. The van der Waals surface area contributed by atoms with Crippen LogP contribution in [0, 0.1) is 10.1 Å². The maximum absolute atomic E-state index is 12.2. The fourth-order valence-corrected chi connectivity index (χ4v) is 2.02. The molecule has 0 spiro atoms. The number of rotatable bonds is 6. The predicted octanol–water partition coefficient (Wildman–Crippen LogP) is 3.42. The number of hydrogen-bond acceptors (Lipinski definition) is 4. The molecule has 0 aromatic heterocycles. The van der Waals surface area contributed by atoms with Gasteiger partial charge in [0, 0.05) is 23.6 Å². The maximum Gasteiger partial charge on any atom is 0.273 e. The van der Waals surface area contributed by atoms with Crippen LogP contribution >= 0.6 is 0 Å². The topological polar surface area (TPSA) is 69.4 Å². The van der Waals surface area contributed by atoms with Crippen LogP contribution in [0.25, 0.3) is 0 Å². The second kappa shape index (κ2) is 6.65. The number of carbonyl (C=O) groups is 1. The smallest absolute Gasteiger partial charge is 0.273 e. The van der Waals surface area contributed by atoms with Crippen LogP contribution in [0.4, 0.5) is 5.69 Å². The highest BCUT2D eigenvalue weighted by molar-refractivity contribution is 5.98. The van der Waals surface area contributed by atoms with Gasteiger partial charge in [-0.25, -0.2) is 0 Å². The van der Waals surface area contributed by atoms with Crippen molar-refractivity contribution in [1.29, 1.82) is 0 Å². The van der Waals surface area contributed by atoms with Gasteiger partial charge in [0.25, 0.3) is 5.69 Å². The van der Waals surface area contributed by atoms with Crippen molar-refractivity contribution in [3.63, 3.8) is 0 Å². The molecular weight excluding hydrogens is 270 g/mol. The van der Waals surface area contributed by atoms with Crippen LogP contribution in [0.2, 0.25) is 0 Å². The fraction of sp³-hybridized carbons (Fsp3) is 0.188. The Bertz CT molecular complexity index is 650. The molecule has 0 unspecified atom stereocenters. The Kier molecular flexibility index (Phi) is 4.66. The van der Waals surface area contributed by atoms with Crippen molar-refractivity contribution in [2.45, 2.75) is 13.3 Å². The van der Waals surface area contributed by atoms with E-state index in [-0.39, 0.29) is 17.9 Å². The number of Topliss-reactive ketones (excluding diaryl/α,β-unsaturated/α-hetero) is 1. The van der Waals surface area contributed by atoms with E-state index in [0.29, 0.717) is 23.5 Å². The van der Waals surface area contributed by atoms with Crippen LogP contribution in [0.5, 0.6) is 5.75 Å². The standard InChI is InChI=1S/C16H15NO4/c1-2-21-14-9-7-12(8-10-14)16(18)11-13-5-3-4-6-15(13)17(19)20/h3-10H,2,11H2,1H3. The lowest BCUT2D eigenvalue weighted by molar-refractivity contribution is -0.385. The summed E-state index contributed by atoms with van der Waals surface area (Å²) >= 11 is 0. The molecule has 108 valence electrons. The van der Waals surface area contributed by atoms with Crippen molar-refractivity contribution in [3.05, 3.63) is 69.8 Å². The highest BCUT2D eigenvalue weighted by Gasteiger charge is 2.16. The van der Waals surface area contributed by atoms with Gasteiger partial charge in [-0.1, -0.05) is 18.2 Å². The average molecular weight is 285 g/mol. The molecule has 0 radical (unpaired) electrons. The zero-order valence-corrected chi connectivity index (χ0v) is 11.6. The molecule has 0 saturated carbocycles. The van der Waals surface area contributed by atoms with Gasteiger partial charge in [0.15, 0.2) is 5.78 Å². The van der Waals surface area contributed by atoms with Crippen molar-refractivity contribution in [2.24, 2.45) is 0 Å². The van der Waals surface area contributed by atoms with Crippen LogP contribution in [-0.4, -0.2) is 17.3 Å². The summed E-state index contributed by atoms with van der Waals surface area (Å²) in [5.74, 6) is 0.534. The van der Waals surface area contributed by atoms with E-state index in [1.54, 1.807) is 42.5 Å². The van der Waals surface area contributed by atoms with E-state index in [1.165, 1.54) is 6.07 Å². The molecule has 5 nitrogen and oxygen atoms in total. The second-order valence-corrected chi connectivity index (χ2v) is 4.44. The van der Waals surface area contributed by atoms with Crippen molar-refractivity contribution >= 4 is 11.5 Å². The summed E-state index contributed by atoms with van der Waals surface area (Å²) in [6.07, 6.45) is 0.00509. The molecule has 0 aliphatic heterocycles. The number of carbonyl (C=O) groups excluding carboxylic acids is 1. The first-order valence-corrected chi connectivity index (χ1v) is 6.60. The monoisotopic (exact) mass is 285 g/mol. The number of nitrogens with zero attached hydrogens (tertiary/aromatic N) is 1. The number of nitro groups is 1. The number of benzene rings is 2. The number of nitro benzene ring substituents is 1. The molecule has 5 heteroatoms. The Balaban J connectivity index is 2.16. The average Bonchev–Trinajstić information content (AvgIpc) is 2.48. The third-order valence-electron chi connectivity index (χ3n) is 3.03. The number of para-hydroxylation sites is 1. The lowest BCUT2D eigenvalue weighted by Crippen LogP contribution is -2.06. The minimum Gasteiger partial charge on any atom is -0.494 e. The lowest BCUT2D eigenvalue weighted by atomic mass is 10.0. The molecule has 0 atom stereocenters. The van der Waals surface area contributed by atoms with Crippen molar-refractivity contribution < 1.29 is 14.5 Å².